The Labute approximate surface area is 125 Å². The largest absolute Gasteiger partial charge is 0.314 e. The third kappa shape index (κ3) is 2.73. The van der Waals surface area contributed by atoms with Crippen LogP contribution in [0.4, 0.5) is 0 Å². The molecule has 21 heavy (non-hydrogen) atoms. The highest BCUT2D eigenvalue weighted by Gasteiger charge is 2.40. The molecule has 3 rings (SSSR count). The van der Waals surface area contributed by atoms with Crippen molar-refractivity contribution in [2.24, 2.45) is 0 Å². The minimum absolute atomic E-state index is 0.0224. The number of nitrogens with zero attached hydrogens (tertiary/aromatic N) is 2. The Balaban J connectivity index is 1.82. The Morgan fingerprint density at radius 1 is 1.38 bits per heavy atom. The molecule has 3 N–H and O–H groups in total. The van der Waals surface area contributed by atoms with Gasteiger partial charge in [-0.25, -0.2) is 13.1 Å². The molecule has 1 aromatic heterocycles. The number of rotatable bonds is 5. The van der Waals surface area contributed by atoms with Crippen molar-refractivity contribution in [3.05, 3.63) is 11.4 Å². The molecule has 0 amide bonds. The van der Waals surface area contributed by atoms with Gasteiger partial charge >= 0.3 is 0 Å². The van der Waals surface area contributed by atoms with E-state index < -0.39 is 10.0 Å². The first-order valence-corrected chi connectivity index (χ1v) is 8.96. The van der Waals surface area contributed by atoms with Crippen molar-refractivity contribution in [3.63, 3.8) is 0 Å². The fourth-order valence-corrected chi connectivity index (χ4v) is 5.26. The van der Waals surface area contributed by atoms with Crippen molar-refractivity contribution in [2.75, 3.05) is 20.1 Å². The van der Waals surface area contributed by atoms with Crippen LogP contribution in [0.3, 0.4) is 0 Å². The SMILES string of the molecule is CNCc1n[nH]c(C)c1S(=O)(=O)NC1CCN2CCCC12. The minimum atomic E-state index is -3.53. The average molecular weight is 313 g/mol. The average Bonchev–Trinajstić information content (AvgIpc) is 3.08. The summed E-state index contributed by atoms with van der Waals surface area (Å²) in [5.74, 6) is 0. The molecule has 2 atom stereocenters. The zero-order chi connectivity index (χ0) is 15.0. The number of H-pyrrole nitrogens is 1. The molecule has 0 aliphatic carbocycles. The van der Waals surface area contributed by atoms with Gasteiger partial charge in [0.2, 0.25) is 10.0 Å². The molecule has 0 spiro atoms. The molecular formula is C13H23N5O2S. The molecule has 2 aliphatic rings. The molecule has 8 heteroatoms. The molecule has 0 radical (unpaired) electrons. The summed E-state index contributed by atoms with van der Waals surface area (Å²) in [5.41, 5.74) is 1.14. The second-order valence-corrected chi connectivity index (χ2v) is 7.57. The Kier molecular flexibility index (Phi) is 4.04. The smallest absolute Gasteiger partial charge is 0.244 e. The lowest BCUT2D eigenvalue weighted by atomic mass is 10.1. The van der Waals surface area contributed by atoms with E-state index in [9.17, 15) is 8.42 Å². The first-order valence-electron chi connectivity index (χ1n) is 7.48. The summed E-state index contributed by atoms with van der Waals surface area (Å²) in [7, 11) is -1.75. The maximum atomic E-state index is 12.7. The Bertz CT molecular complexity index is 612. The van der Waals surface area contributed by atoms with Crippen LogP contribution in [-0.2, 0) is 16.6 Å². The van der Waals surface area contributed by atoms with E-state index in [1.807, 2.05) is 0 Å². The fourth-order valence-electron chi connectivity index (χ4n) is 3.59. The monoisotopic (exact) mass is 313 g/mol. The van der Waals surface area contributed by atoms with Crippen LogP contribution >= 0.6 is 0 Å². The maximum Gasteiger partial charge on any atom is 0.244 e. The Morgan fingerprint density at radius 3 is 2.95 bits per heavy atom. The van der Waals surface area contributed by atoms with E-state index in [4.69, 9.17) is 0 Å². The minimum Gasteiger partial charge on any atom is -0.314 e. The van der Waals surface area contributed by atoms with E-state index >= 15 is 0 Å². The molecule has 1 aromatic rings. The number of hydrogen-bond donors (Lipinski definition) is 3. The number of aromatic nitrogens is 2. The summed E-state index contributed by atoms with van der Waals surface area (Å²) in [6, 6.07) is 0.383. The Morgan fingerprint density at radius 2 is 2.19 bits per heavy atom. The van der Waals surface area contributed by atoms with Gasteiger partial charge < -0.3 is 5.32 Å². The van der Waals surface area contributed by atoms with Crippen LogP contribution in [0.1, 0.15) is 30.7 Å². The van der Waals surface area contributed by atoms with Gasteiger partial charge in [-0.3, -0.25) is 10.00 Å². The first kappa shape index (κ1) is 15.0. The lowest BCUT2D eigenvalue weighted by Crippen LogP contribution is -2.42. The van der Waals surface area contributed by atoms with Gasteiger partial charge in [-0.15, -0.1) is 0 Å². The van der Waals surface area contributed by atoms with Gasteiger partial charge in [0.15, 0.2) is 0 Å². The second kappa shape index (κ2) is 5.68. The lowest BCUT2D eigenvalue weighted by molar-refractivity contribution is 0.309. The van der Waals surface area contributed by atoms with Gasteiger partial charge in [0, 0.05) is 25.2 Å². The predicted molar refractivity (Wildman–Crippen MR) is 79.4 cm³/mol. The third-order valence-corrected chi connectivity index (χ3v) is 6.18. The molecule has 3 heterocycles. The maximum absolute atomic E-state index is 12.7. The van der Waals surface area contributed by atoms with Crippen molar-refractivity contribution in [1.82, 2.24) is 25.1 Å². The molecule has 118 valence electrons. The number of aromatic amines is 1. The van der Waals surface area contributed by atoms with Crippen LogP contribution in [0.5, 0.6) is 0 Å². The highest BCUT2D eigenvalue weighted by atomic mass is 32.2. The van der Waals surface area contributed by atoms with E-state index in [0.29, 0.717) is 28.9 Å². The van der Waals surface area contributed by atoms with E-state index in [1.165, 1.54) is 6.42 Å². The van der Waals surface area contributed by atoms with Gasteiger partial charge in [0.1, 0.15) is 4.90 Å². The van der Waals surface area contributed by atoms with Crippen molar-refractivity contribution < 1.29 is 8.42 Å². The fraction of sp³-hybridized carbons (Fsp3) is 0.769. The number of hydrogen-bond acceptors (Lipinski definition) is 5. The van der Waals surface area contributed by atoms with Gasteiger partial charge in [-0.05, 0) is 39.8 Å². The molecule has 7 nitrogen and oxygen atoms in total. The normalized spacial score (nSPS) is 26.4. The van der Waals surface area contributed by atoms with Crippen LogP contribution in [0.15, 0.2) is 4.90 Å². The van der Waals surface area contributed by atoms with Crippen molar-refractivity contribution in [1.29, 1.82) is 0 Å². The summed E-state index contributed by atoms with van der Waals surface area (Å²) in [6.07, 6.45) is 3.14. The quantitative estimate of drug-likeness (QED) is 0.709. The molecule has 2 unspecified atom stereocenters. The van der Waals surface area contributed by atoms with E-state index in [0.717, 1.165) is 25.9 Å². The van der Waals surface area contributed by atoms with Crippen LogP contribution in [0.25, 0.3) is 0 Å². The molecule has 2 fully saturated rings. The Hall–Kier alpha value is -0.960. The van der Waals surface area contributed by atoms with E-state index in [2.05, 4.69) is 25.1 Å². The van der Waals surface area contributed by atoms with Crippen LogP contribution in [0, 0.1) is 6.92 Å². The second-order valence-electron chi connectivity index (χ2n) is 5.92. The lowest BCUT2D eigenvalue weighted by Gasteiger charge is -2.21. The van der Waals surface area contributed by atoms with E-state index in [-0.39, 0.29) is 6.04 Å². The molecule has 2 aliphatic heterocycles. The third-order valence-electron chi connectivity index (χ3n) is 4.49. The molecule has 0 saturated carbocycles. The van der Waals surface area contributed by atoms with Crippen LogP contribution < -0.4 is 10.0 Å². The predicted octanol–water partition coefficient (Wildman–Crippen LogP) is -0.0475. The number of nitrogens with one attached hydrogen (secondary N) is 3. The van der Waals surface area contributed by atoms with Crippen molar-refractivity contribution in [2.45, 2.75) is 49.7 Å². The highest BCUT2D eigenvalue weighted by molar-refractivity contribution is 7.89. The summed E-state index contributed by atoms with van der Waals surface area (Å²) in [4.78, 5) is 2.69. The van der Waals surface area contributed by atoms with Gasteiger partial charge in [-0.2, -0.15) is 5.10 Å². The van der Waals surface area contributed by atoms with Crippen LogP contribution in [-0.4, -0.2) is 55.7 Å². The topological polar surface area (TPSA) is 90.1 Å². The molecule has 0 aromatic carbocycles. The molecule has 0 bridgehead atoms. The van der Waals surface area contributed by atoms with Gasteiger partial charge in [0.05, 0.1) is 11.4 Å². The van der Waals surface area contributed by atoms with E-state index in [1.54, 1.807) is 14.0 Å². The highest BCUT2D eigenvalue weighted by Crippen LogP contribution is 2.29. The summed E-state index contributed by atoms with van der Waals surface area (Å²) < 4.78 is 28.4. The van der Waals surface area contributed by atoms with Gasteiger partial charge in [0.25, 0.3) is 0 Å². The van der Waals surface area contributed by atoms with Crippen molar-refractivity contribution >= 4 is 10.0 Å². The number of fused-ring (bicyclic) bond motifs is 1. The van der Waals surface area contributed by atoms with Crippen LogP contribution in [0.2, 0.25) is 0 Å². The zero-order valence-electron chi connectivity index (χ0n) is 12.5. The zero-order valence-corrected chi connectivity index (χ0v) is 13.3. The molecule has 2 saturated heterocycles. The first-order chi connectivity index (χ1) is 10.0. The van der Waals surface area contributed by atoms with Gasteiger partial charge in [-0.1, -0.05) is 0 Å². The summed E-state index contributed by atoms with van der Waals surface area (Å²) in [5, 5.41) is 9.83. The standard InChI is InChI=1S/C13H23N5O2S/c1-9-13(11(8-14-2)16-15-9)21(19,20)17-10-5-7-18-6-3-4-12(10)18/h10,12,14,17H,3-8H2,1-2H3,(H,15,16). The number of sulfonamides is 1. The molecular weight excluding hydrogens is 290 g/mol. The van der Waals surface area contributed by atoms with Crippen molar-refractivity contribution in [3.8, 4) is 0 Å². The number of aryl methyl sites for hydroxylation is 1. The summed E-state index contributed by atoms with van der Waals surface area (Å²) >= 11 is 0. The summed E-state index contributed by atoms with van der Waals surface area (Å²) in [6.45, 7) is 4.27.